The van der Waals surface area contributed by atoms with E-state index >= 15 is 0 Å². The fourth-order valence-electron chi connectivity index (χ4n) is 4.20. The van der Waals surface area contributed by atoms with Gasteiger partial charge in [0, 0.05) is 37.8 Å². The summed E-state index contributed by atoms with van der Waals surface area (Å²) in [5, 5.41) is 5.14. The van der Waals surface area contributed by atoms with Gasteiger partial charge in [-0.1, -0.05) is 6.07 Å². The molecular formula is C24H25F2N7. The summed E-state index contributed by atoms with van der Waals surface area (Å²) >= 11 is 0. The monoisotopic (exact) mass is 449 g/mol. The summed E-state index contributed by atoms with van der Waals surface area (Å²) in [7, 11) is 0. The number of hydrogen-bond donors (Lipinski definition) is 1. The largest absolute Gasteiger partial charge is 0.383 e. The highest BCUT2D eigenvalue weighted by atomic mass is 19.1. The minimum Gasteiger partial charge on any atom is -0.383 e. The summed E-state index contributed by atoms with van der Waals surface area (Å²) in [6.07, 6.45) is 0. The van der Waals surface area contributed by atoms with Crippen molar-refractivity contribution in [3.63, 3.8) is 0 Å². The van der Waals surface area contributed by atoms with Crippen molar-refractivity contribution >= 4 is 22.8 Å². The maximum Gasteiger partial charge on any atom is 0.228 e. The Morgan fingerprint density at radius 3 is 2.30 bits per heavy atom. The van der Waals surface area contributed by atoms with Crippen LogP contribution in [-0.2, 0) is 0 Å². The summed E-state index contributed by atoms with van der Waals surface area (Å²) in [6.45, 7) is 7.76. The quantitative estimate of drug-likeness (QED) is 0.510. The number of fused-ring (bicyclic) bond motifs is 1. The highest BCUT2D eigenvalue weighted by Crippen LogP contribution is 2.33. The van der Waals surface area contributed by atoms with Crippen LogP contribution < -0.4 is 10.6 Å². The molecule has 1 aliphatic rings. The fourth-order valence-corrected chi connectivity index (χ4v) is 4.20. The highest BCUT2D eigenvalue weighted by Gasteiger charge is 2.24. The summed E-state index contributed by atoms with van der Waals surface area (Å²) in [4.78, 5) is 14.1. The van der Waals surface area contributed by atoms with Crippen LogP contribution in [0.1, 0.15) is 13.8 Å². The Labute approximate surface area is 190 Å². The Morgan fingerprint density at radius 1 is 0.909 bits per heavy atom. The summed E-state index contributed by atoms with van der Waals surface area (Å²) < 4.78 is 28.9. The lowest BCUT2D eigenvalue weighted by atomic mass is 10.1. The summed E-state index contributed by atoms with van der Waals surface area (Å²) in [5.74, 6) is 0.123. The van der Waals surface area contributed by atoms with Crippen molar-refractivity contribution in [3.05, 3.63) is 60.2 Å². The molecule has 0 aliphatic carbocycles. The molecule has 1 fully saturated rings. The van der Waals surface area contributed by atoms with E-state index < -0.39 is 0 Å². The molecule has 0 atom stereocenters. The van der Waals surface area contributed by atoms with Crippen molar-refractivity contribution in [2.45, 2.75) is 19.9 Å². The molecule has 0 spiro atoms. The predicted molar refractivity (Wildman–Crippen MR) is 125 cm³/mol. The van der Waals surface area contributed by atoms with Gasteiger partial charge >= 0.3 is 0 Å². The van der Waals surface area contributed by atoms with Crippen LogP contribution in [0.15, 0.2) is 48.5 Å². The van der Waals surface area contributed by atoms with Crippen molar-refractivity contribution in [3.8, 4) is 16.9 Å². The van der Waals surface area contributed by atoms with Gasteiger partial charge < -0.3 is 10.6 Å². The van der Waals surface area contributed by atoms with Crippen LogP contribution in [0.2, 0.25) is 0 Å². The Morgan fingerprint density at radius 2 is 1.64 bits per heavy atom. The number of rotatable bonds is 4. The first-order chi connectivity index (χ1) is 15.9. The Kier molecular flexibility index (Phi) is 5.41. The lowest BCUT2D eigenvalue weighted by Crippen LogP contribution is -2.49. The Bertz CT molecular complexity index is 1290. The number of halogens is 2. The molecule has 0 unspecified atom stereocenters. The second-order valence-corrected chi connectivity index (χ2v) is 8.47. The molecule has 33 heavy (non-hydrogen) atoms. The molecule has 1 aliphatic heterocycles. The molecule has 2 aromatic heterocycles. The van der Waals surface area contributed by atoms with E-state index in [1.807, 2.05) is 0 Å². The van der Waals surface area contributed by atoms with Gasteiger partial charge in [-0.15, -0.1) is 5.10 Å². The van der Waals surface area contributed by atoms with Crippen LogP contribution in [0.4, 0.5) is 20.5 Å². The van der Waals surface area contributed by atoms with E-state index in [0.717, 1.165) is 26.2 Å². The predicted octanol–water partition coefficient (Wildman–Crippen LogP) is 3.87. The van der Waals surface area contributed by atoms with E-state index in [4.69, 9.17) is 15.7 Å². The normalized spacial score (nSPS) is 15.0. The van der Waals surface area contributed by atoms with Gasteiger partial charge in [-0.3, -0.25) is 4.90 Å². The lowest BCUT2D eigenvalue weighted by molar-refractivity contribution is 0.208. The molecule has 0 radical (unpaired) electrons. The SMILES string of the molecule is CC(C)N1CCN(c2nc(-c3ccc(F)cc3)c3c(N)n(-c4cccc(F)c4)nc3n2)CC1. The molecule has 4 aromatic rings. The topological polar surface area (TPSA) is 76.1 Å². The maximum absolute atomic E-state index is 13.9. The molecular weight excluding hydrogens is 424 g/mol. The van der Waals surface area contributed by atoms with Gasteiger partial charge in [0.2, 0.25) is 5.95 Å². The second-order valence-electron chi connectivity index (χ2n) is 8.47. The van der Waals surface area contributed by atoms with E-state index in [1.54, 1.807) is 24.3 Å². The number of hydrogen-bond acceptors (Lipinski definition) is 6. The first kappa shape index (κ1) is 21.3. The molecule has 7 nitrogen and oxygen atoms in total. The number of anilines is 2. The first-order valence-electron chi connectivity index (χ1n) is 11.0. The lowest BCUT2D eigenvalue weighted by Gasteiger charge is -2.36. The van der Waals surface area contributed by atoms with Gasteiger partial charge in [-0.25, -0.2) is 18.4 Å². The van der Waals surface area contributed by atoms with E-state index in [1.165, 1.54) is 28.9 Å². The van der Waals surface area contributed by atoms with E-state index in [9.17, 15) is 8.78 Å². The molecule has 0 amide bonds. The van der Waals surface area contributed by atoms with Gasteiger partial charge in [0.15, 0.2) is 5.65 Å². The highest BCUT2D eigenvalue weighted by molar-refractivity contribution is 5.99. The minimum atomic E-state index is -0.389. The molecule has 1 saturated heterocycles. The average molecular weight is 450 g/mol. The van der Waals surface area contributed by atoms with Gasteiger partial charge in [-0.05, 0) is 56.3 Å². The standard InChI is InChI=1S/C24H25F2N7/c1-15(2)31-10-12-32(13-11-31)24-28-21(16-6-8-17(25)9-7-16)20-22(27)33(30-23(20)29-24)19-5-3-4-18(26)14-19/h3-9,14-15H,10-13,27H2,1-2H3. The Hall–Kier alpha value is -3.59. The number of benzene rings is 2. The number of nitrogens with two attached hydrogens (primary N) is 1. The smallest absolute Gasteiger partial charge is 0.228 e. The molecule has 170 valence electrons. The van der Waals surface area contributed by atoms with Crippen molar-refractivity contribution in [1.82, 2.24) is 24.6 Å². The van der Waals surface area contributed by atoms with Crippen LogP contribution >= 0.6 is 0 Å². The molecule has 2 N–H and O–H groups in total. The zero-order chi connectivity index (χ0) is 23.1. The number of nitrogens with zero attached hydrogens (tertiary/aromatic N) is 6. The van der Waals surface area contributed by atoms with E-state index in [2.05, 4.69) is 28.7 Å². The Balaban J connectivity index is 1.65. The molecule has 5 rings (SSSR count). The van der Waals surface area contributed by atoms with Gasteiger partial charge in [-0.2, -0.15) is 4.98 Å². The number of aromatic nitrogens is 4. The van der Waals surface area contributed by atoms with E-state index in [-0.39, 0.29) is 11.6 Å². The summed E-state index contributed by atoms with van der Waals surface area (Å²) in [5.41, 5.74) is 8.65. The maximum atomic E-state index is 13.9. The third-order valence-electron chi connectivity index (χ3n) is 6.05. The van der Waals surface area contributed by atoms with Crippen molar-refractivity contribution < 1.29 is 8.78 Å². The van der Waals surface area contributed by atoms with Gasteiger partial charge in [0.1, 0.15) is 17.5 Å². The minimum absolute atomic E-state index is 0.297. The zero-order valence-corrected chi connectivity index (χ0v) is 18.5. The molecule has 2 aromatic carbocycles. The van der Waals surface area contributed by atoms with Crippen LogP contribution in [0.3, 0.4) is 0 Å². The molecule has 9 heteroatoms. The van der Waals surface area contributed by atoms with Crippen LogP contribution in [-0.4, -0.2) is 56.9 Å². The van der Waals surface area contributed by atoms with Gasteiger partial charge in [0.25, 0.3) is 0 Å². The molecule has 0 saturated carbocycles. The molecule has 3 heterocycles. The van der Waals surface area contributed by atoms with Crippen LogP contribution in [0, 0.1) is 11.6 Å². The molecule has 0 bridgehead atoms. The first-order valence-corrected chi connectivity index (χ1v) is 11.0. The third-order valence-corrected chi connectivity index (χ3v) is 6.05. The summed E-state index contributed by atoms with van der Waals surface area (Å²) in [6, 6.07) is 12.6. The fraction of sp³-hybridized carbons (Fsp3) is 0.292. The average Bonchev–Trinajstić information content (AvgIpc) is 3.15. The van der Waals surface area contributed by atoms with Crippen molar-refractivity contribution in [2.75, 3.05) is 36.8 Å². The number of piperazine rings is 1. The van der Waals surface area contributed by atoms with Gasteiger partial charge in [0.05, 0.1) is 16.8 Å². The van der Waals surface area contributed by atoms with Crippen molar-refractivity contribution in [1.29, 1.82) is 0 Å². The van der Waals surface area contributed by atoms with Crippen LogP contribution in [0.5, 0.6) is 0 Å². The zero-order valence-electron chi connectivity index (χ0n) is 18.5. The second kappa shape index (κ2) is 8.40. The van der Waals surface area contributed by atoms with Crippen LogP contribution in [0.25, 0.3) is 28.0 Å². The van der Waals surface area contributed by atoms with Crippen molar-refractivity contribution in [2.24, 2.45) is 0 Å². The van der Waals surface area contributed by atoms with E-state index in [0.29, 0.717) is 45.8 Å². The number of nitrogen functional groups attached to an aromatic ring is 1. The third kappa shape index (κ3) is 4.00.